The normalized spacial score (nSPS) is 14.0. The molecule has 2 nitrogen and oxygen atoms in total. The molecule has 2 heteroatoms. The third-order valence-electron chi connectivity index (χ3n) is 1.72. The summed E-state index contributed by atoms with van der Waals surface area (Å²) in [4.78, 5) is 11.3. The smallest absolute Gasteiger partial charge is 0.162 e. The van der Waals surface area contributed by atoms with Crippen molar-refractivity contribution in [1.82, 2.24) is 0 Å². The van der Waals surface area contributed by atoms with E-state index in [2.05, 4.69) is 6.58 Å². The molecule has 0 fully saturated rings. The van der Waals surface area contributed by atoms with Gasteiger partial charge in [0.05, 0.1) is 0 Å². The van der Waals surface area contributed by atoms with Gasteiger partial charge >= 0.3 is 0 Å². The van der Waals surface area contributed by atoms with Crippen molar-refractivity contribution in [3.63, 3.8) is 0 Å². The van der Waals surface area contributed by atoms with Gasteiger partial charge in [0.2, 0.25) is 0 Å². The van der Waals surface area contributed by atoms with Crippen LogP contribution >= 0.6 is 0 Å². The fourth-order valence-corrected chi connectivity index (χ4v) is 0.864. The minimum Gasteiger partial charge on any atom is -0.385 e. The summed E-state index contributed by atoms with van der Waals surface area (Å²) < 4.78 is 0. The zero-order valence-corrected chi connectivity index (χ0v) is 8.13. The van der Waals surface area contributed by atoms with Gasteiger partial charge in [-0.3, -0.25) is 4.79 Å². The molecule has 0 aromatic rings. The summed E-state index contributed by atoms with van der Waals surface area (Å²) in [6.07, 6.45) is 1.87. The van der Waals surface area contributed by atoms with Gasteiger partial charge in [-0.15, -0.1) is 6.58 Å². The Morgan fingerprint density at radius 2 is 2.08 bits per heavy atom. The average molecular weight is 170 g/mol. The van der Waals surface area contributed by atoms with E-state index in [9.17, 15) is 9.90 Å². The van der Waals surface area contributed by atoms with Crippen molar-refractivity contribution in [3.8, 4) is 0 Å². The highest BCUT2D eigenvalue weighted by atomic mass is 16.3. The van der Waals surface area contributed by atoms with E-state index in [1.54, 1.807) is 6.08 Å². The van der Waals surface area contributed by atoms with Crippen LogP contribution < -0.4 is 0 Å². The quantitative estimate of drug-likeness (QED) is 0.654. The summed E-state index contributed by atoms with van der Waals surface area (Å²) >= 11 is 0. The third kappa shape index (κ3) is 3.67. The highest BCUT2D eigenvalue weighted by Crippen LogP contribution is 2.20. The zero-order valence-electron chi connectivity index (χ0n) is 8.13. The van der Waals surface area contributed by atoms with E-state index >= 15 is 0 Å². The van der Waals surface area contributed by atoms with E-state index in [1.807, 2.05) is 20.8 Å². The molecule has 0 aliphatic carbocycles. The molecule has 0 aromatic carbocycles. The molecule has 0 saturated carbocycles. The van der Waals surface area contributed by atoms with Crippen molar-refractivity contribution in [3.05, 3.63) is 12.7 Å². The lowest BCUT2D eigenvalue weighted by atomic mass is 9.85. The van der Waals surface area contributed by atoms with E-state index < -0.39 is 6.10 Å². The monoisotopic (exact) mass is 170 g/mol. The lowest BCUT2D eigenvalue weighted by Crippen LogP contribution is -2.33. The first-order valence-electron chi connectivity index (χ1n) is 4.21. The fourth-order valence-electron chi connectivity index (χ4n) is 0.864. The Morgan fingerprint density at radius 1 is 1.58 bits per heavy atom. The fraction of sp³-hybridized carbons (Fsp3) is 0.700. The Morgan fingerprint density at radius 3 is 2.42 bits per heavy atom. The van der Waals surface area contributed by atoms with Crippen LogP contribution in [0.15, 0.2) is 12.7 Å². The van der Waals surface area contributed by atoms with E-state index in [1.165, 1.54) is 0 Å². The van der Waals surface area contributed by atoms with Crippen molar-refractivity contribution in [2.24, 2.45) is 5.41 Å². The largest absolute Gasteiger partial charge is 0.385 e. The zero-order chi connectivity index (χ0) is 9.78. The van der Waals surface area contributed by atoms with Crippen molar-refractivity contribution >= 4 is 5.78 Å². The Kier molecular flexibility index (Phi) is 4.18. The predicted molar refractivity (Wildman–Crippen MR) is 49.9 cm³/mol. The number of Topliss-reactive ketones (excluding diaryl/α,β-unsaturated/α-hetero) is 1. The van der Waals surface area contributed by atoms with Crippen molar-refractivity contribution in [2.45, 2.75) is 39.7 Å². The van der Waals surface area contributed by atoms with Gasteiger partial charge in [-0.05, 0) is 11.8 Å². The molecule has 0 bridgehead atoms. The summed E-state index contributed by atoms with van der Waals surface area (Å²) in [5.74, 6) is -0.0950. The molecule has 1 atom stereocenters. The number of carbonyl (C=O) groups is 1. The Balaban J connectivity index is 4.02. The van der Waals surface area contributed by atoms with Crippen LogP contribution in [0.5, 0.6) is 0 Å². The molecule has 70 valence electrons. The first kappa shape index (κ1) is 11.4. The summed E-state index contributed by atoms with van der Waals surface area (Å²) in [6.45, 7) is 9.07. The van der Waals surface area contributed by atoms with Crippen LogP contribution in [0.1, 0.15) is 33.6 Å². The summed E-state index contributed by atoms with van der Waals surface area (Å²) in [6, 6.07) is 0. The Bertz CT molecular complexity index is 165. The second-order valence-corrected chi connectivity index (χ2v) is 4.06. The average Bonchev–Trinajstić information content (AvgIpc) is 1.97. The molecular weight excluding hydrogens is 152 g/mol. The highest BCUT2D eigenvalue weighted by Gasteiger charge is 2.27. The number of rotatable bonds is 4. The molecule has 1 unspecified atom stereocenters. The molecular formula is C10H18O2. The van der Waals surface area contributed by atoms with E-state index in [4.69, 9.17) is 0 Å². The number of carbonyl (C=O) groups excluding carboxylic acids is 1. The topological polar surface area (TPSA) is 37.3 Å². The summed E-state index contributed by atoms with van der Waals surface area (Å²) in [5.41, 5.74) is -0.349. The Labute approximate surface area is 74.3 Å². The van der Waals surface area contributed by atoms with E-state index in [0.717, 1.165) is 0 Å². The lowest BCUT2D eigenvalue weighted by Gasteiger charge is -2.24. The molecule has 12 heavy (non-hydrogen) atoms. The molecule has 1 N–H and O–H groups in total. The molecule has 0 amide bonds. The molecule has 0 aromatic heterocycles. The summed E-state index contributed by atoms with van der Waals surface area (Å²) in [7, 11) is 0. The van der Waals surface area contributed by atoms with Crippen molar-refractivity contribution < 1.29 is 9.90 Å². The van der Waals surface area contributed by atoms with Crippen molar-refractivity contribution in [2.75, 3.05) is 0 Å². The first-order valence-corrected chi connectivity index (χ1v) is 4.21. The number of ketones is 1. The van der Waals surface area contributed by atoms with E-state index in [-0.39, 0.29) is 11.2 Å². The number of hydrogen-bond donors (Lipinski definition) is 1. The Hall–Kier alpha value is -0.630. The SMILES string of the molecule is C=CCCC(=O)C(O)C(C)(C)C. The van der Waals surface area contributed by atoms with Gasteiger partial charge in [-0.2, -0.15) is 0 Å². The number of hydrogen-bond acceptors (Lipinski definition) is 2. The predicted octanol–water partition coefficient (Wildman–Crippen LogP) is 1.93. The van der Waals surface area contributed by atoms with Gasteiger partial charge in [0.1, 0.15) is 6.10 Å². The van der Waals surface area contributed by atoms with Gasteiger partial charge < -0.3 is 5.11 Å². The third-order valence-corrected chi connectivity index (χ3v) is 1.72. The van der Waals surface area contributed by atoms with Crippen LogP contribution in [0.3, 0.4) is 0 Å². The van der Waals surface area contributed by atoms with Crippen LogP contribution in [-0.2, 0) is 4.79 Å². The number of aliphatic hydroxyl groups excluding tert-OH is 1. The molecule has 0 rings (SSSR count). The second-order valence-electron chi connectivity index (χ2n) is 4.06. The van der Waals surface area contributed by atoms with Crippen molar-refractivity contribution in [1.29, 1.82) is 0 Å². The van der Waals surface area contributed by atoms with Crippen LogP contribution in [0.25, 0.3) is 0 Å². The standard InChI is InChI=1S/C10H18O2/c1-5-6-7-8(11)9(12)10(2,3)4/h5,9,12H,1,6-7H2,2-4H3. The first-order chi connectivity index (χ1) is 5.39. The van der Waals surface area contributed by atoms with E-state index in [0.29, 0.717) is 12.8 Å². The van der Waals surface area contributed by atoms with Crippen LogP contribution in [0.4, 0.5) is 0 Å². The second kappa shape index (κ2) is 4.41. The minimum absolute atomic E-state index is 0.0950. The van der Waals surface area contributed by atoms with Gasteiger partial charge in [0, 0.05) is 6.42 Å². The van der Waals surface area contributed by atoms with Crippen LogP contribution in [0, 0.1) is 5.41 Å². The maximum absolute atomic E-state index is 11.3. The van der Waals surface area contributed by atoms with Gasteiger partial charge in [-0.25, -0.2) is 0 Å². The van der Waals surface area contributed by atoms with Gasteiger partial charge in [-0.1, -0.05) is 26.8 Å². The minimum atomic E-state index is -0.850. The maximum atomic E-state index is 11.3. The van der Waals surface area contributed by atoms with Crippen LogP contribution in [0.2, 0.25) is 0 Å². The number of aliphatic hydroxyl groups is 1. The molecule has 0 radical (unpaired) electrons. The molecule has 0 saturated heterocycles. The van der Waals surface area contributed by atoms with Crippen LogP contribution in [-0.4, -0.2) is 17.0 Å². The molecule has 0 spiro atoms. The number of allylic oxidation sites excluding steroid dienone is 1. The highest BCUT2D eigenvalue weighted by molar-refractivity contribution is 5.83. The lowest BCUT2D eigenvalue weighted by molar-refractivity contribution is -0.132. The van der Waals surface area contributed by atoms with Gasteiger partial charge in [0.15, 0.2) is 5.78 Å². The summed E-state index contributed by atoms with van der Waals surface area (Å²) in [5, 5.41) is 9.50. The molecule has 0 aliphatic rings. The van der Waals surface area contributed by atoms with Gasteiger partial charge in [0.25, 0.3) is 0 Å². The maximum Gasteiger partial charge on any atom is 0.162 e. The molecule has 0 aliphatic heterocycles. The molecule has 0 heterocycles.